The summed E-state index contributed by atoms with van der Waals surface area (Å²) in [7, 11) is 0. The minimum absolute atomic E-state index is 0.00511. The Kier molecular flexibility index (Phi) is 5.74. The number of carboxylic acid groups (broad SMARTS) is 1. The van der Waals surface area contributed by atoms with Gasteiger partial charge in [-0.2, -0.15) is 12.6 Å². The summed E-state index contributed by atoms with van der Waals surface area (Å²) in [5.41, 5.74) is 0.976. The van der Waals surface area contributed by atoms with Crippen molar-refractivity contribution in [2.24, 2.45) is 4.99 Å². The number of rotatable bonds is 6. The number of amides is 2. The lowest BCUT2D eigenvalue weighted by Crippen LogP contribution is -2.42. The van der Waals surface area contributed by atoms with Crippen LogP contribution in [0, 0.1) is 0 Å². The van der Waals surface area contributed by atoms with E-state index in [1.54, 1.807) is 12.1 Å². The Morgan fingerprint density at radius 2 is 2.00 bits per heavy atom. The van der Waals surface area contributed by atoms with Crippen LogP contribution in [0.3, 0.4) is 0 Å². The fraction of sp³-hybridized carbons (Fsp3) is 0.167. The lowest BCUT2D eigenvalue weighted by Gasteiger charge is -2.11. The van der Waals surface area contributed by atoms with Gasteiger partial charge < -0.3 is 10.4 Å². The molecule has 1 atom stereocenters. The zero-order valence-electron chi connectivity index (χ0n) is 9.81. The van der Waals surface area contributed by atoms with Gasteiger partial charge in [0.2, 0.25) is 6.41 Å². The van der Waals surface area contributed by atoms with E-state index in [4.69, 9.17) is 5.11 Å². The number of hydrogen-bond donors (Lipinski definition) is 3. The van der Waals surface area contributed by atoms with Crippen molar-refractivity contribution in [3.63, 3.8) is 0 Å². The monoisotopic (exact) mass is 280 g/mol. The first kappa shape index (κ1) is 14.9. The first-order valence-corrected chi connectivity index (χ1v) is 5.93. The smallest absolute Gasteiger partial charge is 0.327 e. The summed E-state index contributed by atoms with van der Waals surface area (Å²) in [6.07, 6.45) is 1.76. The lowest BCUT2D eigenvalue weighted by molar-refractivity contribution is -0.138. The number of aliphatic carboxylic acids is 1. The third kappa shape index (κ3) is 4.55. The van der Waals surface area contributed by atoms with E-state index in [9.17, 15) is 14.4 Å². The Bertz CT molecular complexity index is 499. The van der Waals surface area contributed by atoms with E-state index < -0.39 is 17.9 Å². The molecule has 1 rings (SSSR count). The third-order valence-electron chi connectivity index (χ3n) is 2.24. The molecular weight excluding hydrogens is 268 g/mol. The largest absolute Gasteiger partial charge is 0.480 e. The average molecular weight is 280 g/mol. The highest BCUT2D eigenvalue weighted by molar-refractivity contribution is 7.80. The van der Waals surface area contributed by atoms with E-state index in [1.165, 1.54) is 18.3 Å². The van der Waals surface area contributed by atoms with E-state index in [-0.39, 0.29) is 5.75 Å². The Hall–Kier alpha value is -2.15. The van der Waals surface area contributed by atoms with Gasteiger partial charge in [-0.1, -0.05) is 12.1 Å². The molecule has 0 aromatic heterocycles. The Morgan fingerprint density at radius 1 is 1.37 bits per heavy atom. The van der Waals surface area contributed by atoms with Crippen molar-refractivity contribution in [3.05, 3.63) is 35.4 Å². The quantitative estimate of drug-likeness (QED) is 0.398. The summed E-state index contributed by atoms with van der Waals surface area (Å²) in [4.78, 5) is 36.0. The number of thiol groups is 1. The highest BCUT2D eigenvalue weighted by Crippen LogP contribution is 2.03. The van der Waals surface area contributed by atoms with Crippen LogP contribution in [-0.2, 0) is 9.59 Å². The summed E-state index contributed by atoms with van der Waals surface area (Å²) < 4.78 is 0. The molecule has 1 aromatic rings. The van der Waals surface area contributed by atoms with Gasteiger partial charge in [0.25, 0.3) is 5.91 Å². The average Bonchev–Trinajstić information content (AvgIpc) is 2.42. The van der Waals surface area contributed by atoms with Crippen LogP contribution in [-0.4, -0.2) is 41.4 Å². The first-order valence-electron chi connectivity index (χ1n) is 5.30. The second kappa shape index (κ2) is 7.32. The summed E-state index contributed by atoms with van der Waals surface area (Å²) in [5.74, 6) is -1.64. The van der Waals surface area contributed by atoms with Crippen molar-refractivity contribution >= 4 is 37.1 Å². The van der Waals surface area contributed by atoms with Crippen molar-refractivity contribution in [2.75, 3.05) is 5.75 Å². The molecule has 6 nitrogen and oxygen atoms in total. The zero-order chi connectivity index (χ0) is 14.3. The number of benzene rings is 1. The summed E-state index contributed by atoms with van der Waals surface area (Å²) in [5, 5.41) is 11.1. The number of carboxylic acids is 1. The van der Waals surface area contributed by atoms with Crippen LogP contribution in [0.25, 0.3) is 0 Å². The molecule has 0 saturated carbocycles. The van der Waals surface area contributed by atoms with Gasteiger partial charge >= 0.3 is 5.97 Å². The fourth-order valence-corrected chi connectivity index (χ4v) is 1.51. The highest BCUT2D eigenvalue weighted by Gasteiger charge is 2.18. The van der Waals surface area contributed by atoms with Crippen molar-refractivity contribution in [1.29, 1.82) is 0 Å². The minimum atomic E-state index is -1.14. The van der Waals surface area contributed by atoms with Crippen molar-refractivity contribution in [1.82, 2.24) is 5.32 Å². The highest BCUT2D eigenvalue weighted by atomic mass is 32.1. The predicted octanol–water partition coefficient (Wildman–Crippen LogP) is 0.375. The number of carbonyl (C=O) groups excluding carboxylic acids is 2. The maximum Gasteiger partial charge on any atom is 0.327 e. The molecule has 0 saturated heterocycles. The van der Waals surface area contributed by atoms with Gasteiger partial charge in [-0.25, -0.2) is 9.79 Å². The molecular formula is C12H12N2O4S. The standard InChI is InChI=1S/C12H12N2O4S/c15-7-13-5-8-1-3-9(4-2-8)11(16)14-10(6-19)12(17)18/h1-5,7,10,19H,6H2,(H,14,16)(H,17,18)/b13-5+. The molecule has 0 aliphatic carbocycles. The molecule has 0 aliphatic rings. The van der Waals surface area contributed by atoms with Crippen LogP contribution in [0.15, 0.2) is 29.3 Å². The van der Waals surface area contributed by atoms with Crippen molar-refractivity contribution in [3.8, 4) is 0 Å². The molecule has 7 heteroatoms. The van der Waals surface area contributed by atoms with Crippen LogP contribution < -0.4 is 5.32 Å². The normalized spacial score (nSPS) is 12.1. The molecule has 2 N–H and O–H groups in total. The molecule has 2 amide bonds. The first-order chi connectivity index (χ1) is 9.08. The molecule has 1 unspecified atom stereocenters. The zero-order valence-corrected chi connectivity index (χ0v) is 10.7. The Labute approximate surface area is 115 Å². The molecule has 0 aliphatic heterocycles. The van der Waals surface area contributed by atoms with E-state index >= 15 is 0 Å². The van der Waals surface area contributed by atoms with Gasteiger partial charge in [-0.05, 0) is 17.7 Å². The molecule has 100 valence electrons. The Balaban J connectivity index is 2.75. The number of hydrogen-bond acceptors (Lipinski definition) is 4. The summed E-state index contributed by atoms with van der Waals surface area (Å²) in [6, 6.07) is 5.18. The summed E-state index contributed by atoms with van der Waals surface area (Å²) in [6.45, 7) is 0. The number of aliphatic imine (C=N–C) groups is 1. The predicted molar refractivity (Wildman–Crippen MR) is 72.8 cm³/mol. The van der Waals surface area contributed by atoms with Crippen LogP contribution in [0.4, 0.5) is 0 Å². The number of nitrogens with one attached hydrogen (secondary N) is 1. The minimum Gasteiger partial charge on any atom is -0.480 e. The molecule has 0 bridgehead atoms. The second-order valence-electron chi connectivity index (χ2n) is 3.55. The van der Waals surface area contributed by atoms with Gasteiger partial charge in [-0.15, -0.1) is 0 Å². The fourth-order valence-electron chi connectivity index (χ4n) is 1.26. The topological polar surface area (TPSA) is 95.8 Å². The molecule has 0 radical (unpaired) electrons. The van der Waals surface area contributed by atoms with Crippen molar-refractivity contribution < 1.29 is 19.5 Å². The van der Waals surface area contributed by atoms with E-state index in [2.05, 4.69) is 22.9 Å². The van der Waals surface area contributed by atoms with E-state index in [0.29, 0.717) is 17.5 Å². The molecule has 1 aromatic carbocycles. The molecule has 19 heavy (non-hydrogen) atoms. The van der Waals surface area contributed by atoms with Crippen LogP contribution in [0.5, 0.6) is 0 Å². The van der Waals surface area contributed by atoms with Crippen molar-refractivity contribution in [2.45, 2.75) is 6.04 Å². The van der Waals surface area contributed by atoms with Crippen LogP contribution in [0.1, 0.15) is 15.9 Å². The van der Waals surface area contributed by atoms with Gasteiger partial charge in [0.05, 0.1) is 0 Å². The maximum atomic E-state index is 11.7. The van der Waals surface area contributed by atoms with Gasteiger partial charge in [-0.3, -0.25) is 9.59 Å². The third-order valence-corrected chi connectivity index (χ3v) is 2.61. The number of carbonyl (C=O) groups is 3. The molecule has 0 heterocycles. The SMILES string of the molecule is O=C/N=C/c1ccc(C(=O)NC(CS)C(=O)O)cc1. The number of nitrogens with zero attached hydrogens (tertiary/aromatic N) is 1. The van der Waals surface area contributed by atoms with Gasteiger partial charge in [0.15, 0.2) is 0 Å². The van der Waals surface area contributed by atoms with Crippen LogP contribution >= 0.6 is 12.6 Å². The molecule has 0 spiro atoms. The second-order valence-corrected chi connectivity index (χ2v) is 3.92. The lowest BCUT2D eigenvalue weighted by atomic mass is 10.1. The van der Waals surface area contributed by atoms with E-state index in [1.807, 2.05) is 0 Å². The Morgan fingerprint density at radius 3 is 2.47 bits per heavy atom. The van der Waals surface area contributed by atoms with Gasteiger partial charge in [0.1, 0.15) is 6.04 Å². The van der Waals surface area contributed by atoms with Gasteiger partial charge in [0, 0.05) is 17.5 Å². The summed E-state index contributed by atoms with van der Waals surface area (Å²) >= 11 is 3.85. The van der Waals surface area contributed by atoms with Crippen LogP contribution in [0.2, 0.25) is 0 Å². The van der Waals surface area contributed by atoms with E-state index in [0.717, 1.165) is 0 Å². The molecule has 0 fully saturated rings. The maximum absolute atomic E-state index is 11.7.